The third kappa shape index (κ3) is 4.69. The molecule has 0 bridgehead atoms. The lowest BCUT2D eigenvalue weighted by Crippen LogP contribution is -2.43. The molecule has 2 aliphatic rings. The van der Waals surface area contributed by atoms with Gasteiger partial charge in [-0.25, -0.2) is 8.42 Å². The highest BCUT2D eigenvalue weighted by atomic mass is 35.5. The van der Waals surface area contributed by atoms with Gasteiger partial charge in [-0.1, -0.05) is 17.7 Å². The van der Waals surface area contributed by atoms with Crippen LogP contribution in [0.15, 0.2) is 35.4 Å². The van der Waals surface area contributed by atoms with Crippen LogP contribution in [0.5, 0.6) is 0 Å². The van der Waals surface area contributed by atoms with Crippen molar-refractivity contribution < 1.29 is 18.0 Å². The molecule has 0 unspecified atom stereocenters. The van der Waals surface area contributed by atoms with E-state index in [2.05, 4.69) is 10.3 Å². The van der Waals surface area contributed by atoms with E-state index in [4.69, 9.17) is 11.6 Å². The number of rotatable bonds is 5. The van der Waals surface area contributed by atoms with Gasteiger partial charge in [0.25, 0.3) is 5.91 Å². The van der Waals surface area contributed by atoms with E-state index in [9.17, 15) is 18.0 Å². The number of likely N-dealkylation sites (tertiary alicyclic amines) is 1. The first-order valence-corrected chi connectivity index (χ1v) is 12.6. The number of carbonyl (C=O) groups excluding carboxylic acids is 2. The van der Waals surface area contributed by atoms with Gasteiger partial charge in [-0.15, -0.1) is 0 Å². The molecule has 32 heavy (non-hydrogen) atoms. The summed E-state index contributed by atoms with van der Waals surface area (Å²) in [7, 11) is -3.82. The van der Waals surface area contributed by atoms with E-state index in [1.807, 2.05) is 13.0 Å². The molecule has 2 amide bonds. The van der Waals surface area contributed by atoms with Crippen molar-refractivity contribution >= 4 is 39.1 Å². The summed E-state index contributed by atoms with van der Waals surface area (Å²) in [4.78, 5) is 29.9. The highest BCUT2D eigenvalue weighted by molar-refractivity contribution is 7.89. The van der Waals surface area contributed by atoms with Crippen LogP contribution in [-0.2, 0) is 14.8 Å². The summed E-state index contributed by atoms with van der Waals surface area (Å²) in [6.45, 7) is 3.68. The smallest absolute Gasteiger partial charge is 0.270 e. The summed E-state index contributed by atoms with van der Waals surface area (Å²) < 4.78 is 27.7. The number of aromatic amines is 1. The van der Waals surface area contributed by atoms with E-state index >= 15 is 0 Å². The molecule has 172 valence electrons. The summed E-state index contributed by atoms with van der Waals surface area (Å²) in [6, 6.07) is 6.68. The predicted molar refractivity (Wildman–Crippen MR) is 122 cm³/mol. The highest BCUT2D eigenvalue weighted by Gasteiger charge is 2.34. The van der Waals surface area contributed by atoms with Crippen molar-refractivity contribution in [2.24, 2.45) is 5.92 Å². The van der Waals surface area contributed by atoms with Gasteiger partial charge in [-0.2, -0.15) is 4.31 Å². The highest BCUT2D eigenvalue weighted by Crippen LogP contribution is 2.27. The molecule has 2 aliphatic heterocycles. The third-order valence-corrected chi connectivity index (χ3v) is 8.36. The van der Waals surface area contributed by atoms with Crippen LogP contribution in [0.3, 0.4) is 0 Å². The van der Waals surface area contributed by atoms with Gasteiger partial charge in [0.1, 0.15) is 10.6 Å². The Balaban J connectivity index is 1.44. The Kier molecular flexibility index (Phi) is 6.60. The van der Waals surface area contributed by atoms with Crippen LogP contribution in [0.2, 0.25) is 5.02 Å². The summed E-state index contributed by atoms with van der Waals surface area (Å²) in [5, 5.41) is 3.40. The van der Waals surface area contributed by atoms with Gasteiger partial charge in [0, 0.05) is 43.1 Å². The number of carbonyl (C=O) groups is 2. The second kappa shape index (κ2) is 9.25. The standard InChI is InChI=1S/C22H27ClN4O4S/c1-15-6-7-17(11-19(15)23)25-21(28)16-5-4-10-27(14-16)32(30,31)18-12-20(24-13-18)22(29)26-8-2-3-9-26/h6-7,11-13,16,24H,2-5,8-10,14H2,1H3,(H,25,28)/t16-/m0/s1. The first kappa shape index (κ1) is 22.8. The summed E-state index contributed by atoms with van der Waals surface area (Å²) >= 11 is 6.13. The lowest BCUT2D eigenvalue weighted by molar-refractivity contribution is -0.120. The van der Waals surface area contributed by atoms with Gasteiger partial charge >= 0.3 is 0 Å². The lowest BCUT2D eigenvalue weighted by atomic mass is 9.98. The van der Waals surface area contributed by atoms with Gasteiger partial charge in [0.05, 0.1) is 5.92 Å². The molecule has 2 saturated heterocycles. The molecule has 3 heterocycles. The van der Waals surface area contributed by atoms with Crippen LogP contribution < -0.4 is 5.32 Å². The van der Waals surface area contributed by atoms with E-state index in [1.165, 1.54) is 16.6 Å². The first-order valence-electron chi connectivity index (χ1n) is 10.8. The number of piperidine rings is 1. The van der Waals surface area contributed by atoms with Crippen molar-refractivity contribution in [2.75, 3.05) is 31.5 Å². The average molecular weight is 479 g/mol. The quantitative estimate of drug-likeness (QED) is 0.688. The maximum absolute atomic E-state index is 13.2. The fraction of sp³-hybridized carbons (Fsp3) is 0.455. The number of aromatic nitrogens is 1. The minimum atomic E-state index is -3.82. The van der Waals surface area contributed by atoms with Crippen molar-refractivity contribution in [1.29, 1.82) is 0 Å². The van der Waals surface area contributed by atoms with Gasteiger partial charge in [0.15, 0.2) is 0 Å². The van der Waals surface area contributed by atoms with Crippen molar-refractivity contribution in [1.82, 2.24) is 14.2 Å². The van der Waals surface area contributed by atoms with Crippen LogP contribution in [0.25, 0.3) is 0 Å². The number of H-pyrrole nitrogens is 1. The Morgan fingerprint density at radius 2 is 1.88 bits per heavy atom. The minimum Gasteiger partial charge on any atom is -0.356 e. The number of hydrogen-bond donors (Lipinski definition) is 2. The second-order valence-corrected chi connectivity index (χ2v) is 10.7. The molecule has 10 heteroatoms. The number of hydrogen-bond acceptors (Lipinski definition) is 4. The van der Waals surface area contributed by atoms with Crippen molar-refractivity contribution in [3.8, 4) is 0 Å². The monoisotopic (exact) mass is 478 g/mol. The van der Waals surface area contributed by atoms with Crippen LogP contribution in [-0.4, -0.2) is 60.6 Å². The summed E-state index contributed by atoms with van der Waals surface area (Å²) in [6.07, 6.45) is 4.46. The number of nitrogens with one attached hydrogen (secondary N) is 2. The SMILES string of the molecule is Cc1ccc(NC(=O)[C@H]2CCCN(S(=O)(=O)c3c[nH]c(C(=O)N4CCCC4)c3)C2)cc1Cl. The molecule has 2 fully saturated rings. The summed E-state index contributed by atoms with van der Waals surface area (Å²) in [5.41, 5.74) is 1.77. The number of nitrogens with zero attached hydrogens (tertiary/aromatic N) is 2. The first-order chi connectivity index (χ1) is 15.3. The topological polar surface area (TPSA) is 103 Å². The van der Waals surface area contributed by atoms with Crippen LogP contribution in [0.4, 0.5) is 5.69 Å². The maximum atomic E-state index is 13.2. The van der Waals surface area contributed by atoms with Crippen molar-refractivity contribution in [3.05, 3.63) is 46.7 Å². The zero-order valence-electron chi connectivity index (χ0n) is 17.9. The zero-order chi connectivity index (χ0) is 22.9. The molecule has 0 saturated carbocycles. The molecular formula is C22H27ClN4O4S. The number of sulfonamides is 1. The second-order valence-electron chi connectivity index (χ2n) is 8.40. The average Bonchev–Trinajstić information content (AvgIpc) is 3.49. The van der Waals surface area contributed by atoms with E-state index in [0.717, 1.165) is 18.4 Å². The molecular weight excluding hydrogens is 452 g/mol. The number of benzene rings is 1. The number of amides is 2. The molecule has 1 aromatic carbocycles. The molecule has 0 aliphatic carbocycles. The van der Waals surface area contributed by atoms with E-state index in [1.54, 1.807) is 17.0 Å². The molecule has 4 rings (SSSR count). The Morgan fingerprint density at radius 1 is 1.12 bits per heavy atom. The molecule has 1 aromatic heterocycles. The number of halogens is 1. The zero-order valence-corrected chi connectivity index (χ0v) is 19.5. The fourth-order valence-electron chi connectivity index (χ4n) is 4.18. The molecule has 0 radical (unpaired) electrons. The lowest BCUT2D eigenvalue weighted by Gasteiger charge is -2.31. The van der Waals surface area contributed by atoms with Crippen molar-refractivity contribution in [3.63, 3.8) is 0 Å². The maximum Gasteiger partial charge on any atom is 0.270 e. The largest absolute Gasteiger partial charge is 0.356 e. The molecule has 2 aromatic rings. The predicted octanol–water partition coefficient (Wildman–Crippen LogP) is 3.25. The van der Waals surface area contributed by atoms with E-state index < -0.39 is 15.9 Å². The van der Waals surface area contributed by atoms with Gasteiger partial charge in [0.2, 0.25) is 15.9 Å². The molecule has 2 N–H and O–H groups in total. The Bertz CT molecular complexity index is 1120. The Hall–Kier alpha value is -2.36. The van der Waals surface area contributed by atoms with Gasteiger partial charge in [-0.3, -0.25) is 9.59 Å². The molecule has 0 spiro atoms. The van der Waals surface area contributed by atoms with Crippen LogP contribution in [0, 0.1) is 12.8 Å². The Morgan fingerprint density at radius 3 is 2.59 bits per heavy atom. The van der Waals surface area contributed by atoms with Crippen molar-refractivity contribution in [2.45, 2.75) is 37.5 Å². The van der Waals surface area contributed by atoms with Gasteiger partial charge in [-0.05, 0) is 56.4 Å². The number of aryl methyl sites for hydroxylation is 1. The van der Waals surface area contributed by atoms with E-state index in [-0.39, 0.29) is 28.9 Å². The van der Waals surface area contributed by atoms with Crippen LogP contribution >= 0.6 is 11.6 Å². The third-order valence-electron chi connectivity index (χ3n) is 6.11. The molecule has 1 atom stereocenters. The normalized spacial score (nSPS) is 19.8. The van der Waals surface area contributed by atoms with E-state index in [0.29, 0.717) is 43.2 Å². The fourth-order valence-corrected chi connectivity index (χ4v) is 5.88. The molecule has 8 nitrogen and oxygen atoms in total. The summed E-state index contributed by atoms with van der Waals surface area (Å²) in [5.74, 6) is -0.886. The van der Waals surface area contributed by atoms with Crippen LogP contribution in [0.1, 0.15) is 41.7 Å². The Labute approximate surface area is 193 Å². The van der Waals surface area contributed by atoms with Gasteiger partial charge < -0.3 is 15.2 Å². The minimum absolute atomic E-state index is 0.0476. The number of anilines is 1.